The summed E-state index contributed by atoms with van der Waals surface area (Å²) >= 11 is 0. The molecule has 1 aliphatic carbocycles. The second-order valence-electron chi connectivity index (χ2n) is 6.54. The van der Waals surface area contributed by atoms with E-state index in [0.29, 0.717) is 30.2 Å². The summed E-state index contributed by atoms with van der Waals surface area (Å²) in [6, 6.07) is 7.41. The van der Waals surface area contributed by atoms with Crippen LogP contribution in [0.15, 0.2) is 48.0 Å². The fourth-order valence-corrected chi connectivity index (χ4v) is 3.19. The van der Waals surface area contributed by atoms with Gasteiger partial charge in [-0.2, -0.15) is 0 Å². The zero-order valence-corrected chi connectivity index (χ0v) is 14.4. The normalized spacial score (nSPS) is 19.5. The summed E-state index contributed by atoms with van der Waals surface area (Å²) < 4.78 is 46.2. The van der Waals surface area contributed by atoms with Crippen LogP contribution in [0.2, 0.25) is 0 Å². The quantitative estimate of drug-likeness (QED) is 0.620. The first kappa shape index (κ1) is 19.0. The minimum atomic E-state index is -1.22. The Bertz CT molecular complexity index is 882. The van der Waals surface area contributed by atoms with Crippen molar-refractivity contribution in [3.8, 4) is 5.75 Å². The van der Waals surface area contributed by atoms with Crippen molar-refractivity contribution in [1.82, 2.24) is 0 Å². The highest BCUT2D eigenvalue weighted by molar-refractivity contribution is 5.92. The molecule has 0 heterocycles. The number of amides is 1. The molecule has 1 amide bonds. The molecule has 7 heteroatoms. The van der Waals surface area contributed by atoms with Crippen molar-refractivity contribution >= 4 is 5.91 Å². The van der Waals surface area contributed by atoms with Gasteiger partial charge in [-0.05, 0) is 54.3 Å². The molecule has 0 aromatic heterocycles. The molecular formula is C20H19F3N2O2. The molecule has 0 aliphatic heterocycles. The van der Waals surface area contributed by atoms with Crippen LogP contribution in [-0.2, 0) is 0 Å². The predicted molar refractivity (Wildman–Crippen MR) is 94.8 cm³/mol. The van der Waals surface area contributed by atoms with Crippen molar-refractivity contribution in [2.75, 3.05) is 6.61 Å². The van der Waals surface area contributed by atoms with E-state index in [2.05, 4.69) is 0 Å². The highest BCUT2D eigenvalue weighted by Gasteiger charge is 2.28. The van der Waals surface area contributed by atoms with Crippen LogP contribution < -0.4 is 16.2 Å². The minimum absolute atomic E-state index is 0.0830. The molecule has 1 aliphatic rings. The number of carbonyl (C=O) groups excluding carboxylic acids is 1. The van der Waals surface area contributed by atoms with Crippen molar-refractivity contribution < 1.29 is 22.7 Å². The maximum Gasteiger partial charge on any atom is 0.248 e. The monoisotopic (exact) mass is 376 g/mol. The molecule has 27 heavy (non-hydrogen) atoms. The number of primary amides is 1. The molecule has 4 N–H and O–H groups in total. The third kappa shape index (κ3) is 4.31. The summed E-state index contributed by atoms with van der Waals surface area (Å²) in [4.78, 5) is 11.1. The molecule has 0 saturated heterocycles. The van der Waals surface area contributed by atoms with Gasteiger partial charge in [0.2, 0.25) is 5.91 Å². The molecule has 0 radical (unpaired) electrons. The Balaban J connectivity index is 1.65. The Morgan fingerprint density at radius 1 is 1.07 bits per heavy atom. The molecule has 0 spiro atoms. The van der Waals surface area contributed by atoms with Crippen LogP contribution in [0.1, 0.15) is 34.7 Å². The summed E-state index contributed by atoms with van der Waals surface area (Å²) in [6.07, 6.45) is 2.73. The first-order valence-electron chi connectivity index (χ1n) is 8.45. The fraction of sp³-hybridized carbons (Fsp3) is 0.250. The number of hydrogen-bond acceptors (Lipinski definition) is 3. The Labute approximate surface area is 154 Å². The highest BCUT2D eigenvalue weighted by atomic mass is 19.2. The number of nitrogens with two attached hydrogens (primary N) is 2. The second-order valence-corrected chi connectivity index (χ2v) is 6.54. The van der Waals surface area contributed by atoms with E-state index in [1.54, 1.807) is 24.3 Å². The van der Waals surface area contributed by atoms with Crippen molar-refractivity contribution in [1.29, 1.82) is 0 Å². The standard InChI is InChI=1S/C20H19F3N2O2/c21-16-9-18(23)17(22)8-15(16)14-6-1-11(7-19(14)24)10-27-13-4-2-12(3-5-13)20(25)26/h1-5,8-9,14,19H,6-7,10,24H2,(H2,25,26)/t14-,19+/m0/s1. The number of ether oxygens (including phenoxy) is 1. The van der Waals surface area contributed by atoms with Gasteiger partial charge >= 0.3 is 0 Å². The van der Waals surface area contributed by atoms with Gasteiger partial charge in [0.25, 0.3) is 0 Å². The number of halogens is 3. The van der Waals surface area contributed by atoms with Crippen LogP contribution in [0.25, 0.3) is 0 Å². The molecule has 0 unspecified atom stereocenters. The van der Waals surface area contributed by atoms with Gasteiger partial charge in [0, 0.05) is 23.6 Å². The van der Waals surface area contributed by atoms with E-state index < -0.39 is 35.3 Å². The molecule has 0 bridgehead atoms. The lowest BCUT2D eigenvalue weighted by atomic mass is 9.81. The van der Waals surface area contributed by atoms with E-state index in [1.165, 1.54) is 0 Å². The van der Waals surface area contributed by atoms with E-state index in [-0.39, 0.29) is 12.2 Å². The SMILES string of the molecule is NC(=O)c1ccc(OCC2=CC[C@@H](c3cc(F)c(F)cc3F)[C@H](N)C2)cc1. The third-order valence-electron chi connectivity index (χ3n) is 4.68. The number of allylic oxidation sites excluding steroid dienone is 1. The molecule has 4 nitrogen and oxygen atoms in total. The topological polar surface area (TPSA) is 78.3 Å². The average molecular weight is 376 g/mol. The maximum atomic E-state index is 14.0. The summed E-state index contributed by atoms with van der Waals surface area (Å²) in [5, 5.41) is 0. The van der Waals surface area contributed by atoms with Crippen LogP contribution >= 0.6 is 0 Å². The Hall–Kier alpha value is -2.80. The summed E-state index contributed by atoms with van der Waals surface area (Å²) in [5.41, 5.74) is 12.7. The number of benzene rings is 2. The van der Waals surface area contributed by atoms with Gasteiger partial charge in [0.05, 0.1) is 0 Å². The summed E-state index contributed by atoms with van der Waals surface area (Å²) in [7, 11) is 0. The Morgan fingerprint density at radius 2 is 1.74 bits per heavy atom. The smallest absolute Gasteiger partial charge is 0.248 e. The lowest BCUT2D eigenvalue weighted by Crippen LogP contribution is -2.33. The molecule has 2 aromatic rings. The van der Waals surface area contributed by atoms with E-state index in [4.69, 9.17) is 16.2 Å². The van der Waals surface area contributed by atoms with Crippen LogP contribution in [0.4, 0.5) is 13.2 Å². The van der Waals surface area contributed by atoms with Crippen molar-refractivity contribution in [2.24, 2.45) is 11.5 Å². The lowest BCUT2D eigenvalue weighted by molar-refractivity contribution is 0.1000. The Morgan fingerprint density at radius 3 is 2.37 bits per heavy atom. The predicted octanol–water partition coefficient (Wildman–Crippen LogP) is 3.41. The molecule has 2 aromatic carbocycles. The van der Waals surface area contributed by atoms with Gasteiger partial charge < -0.3 is 16.2 Å². The van der Waals surface area contributed by atoms with Crippen molar-refractivity contribution in [3.63, 3.8) is 0 Å². The molecule has 0 fully saturated rings. The van der Waals surface area contributed by atoms with E-state index in [9.17, 15) is 18.0 Å². The largest absolute Gasteiger partial charge is 0.489 e. The van der Waals surface area contributed by atoms with Crippen LogP contribution in [-0.4, -0.2) is 18.6 Å². The fourth-order valence-electron chi connectivity index (χ4n) is 3.19. The third-order valence-corrected chi connectivity index (χ3v) is 4.68. The van der Waals surface area contributed by atoms with E-state index >= 15 is 0 Å². The zero-order valence-electron chi connectivity index (χ0n) is 14.4. The van der Waals surface area contributed by atoms with Gasteiger partial charge in [-0.1, -0.05) is 6.08 Å². The first-order chi connectivity index (χ1) is 12.8. The van der Waals surface area contributed by atoms with E-state index in [0.717, 1.165) is 11.6 Å². The summed E-state index contributed by atoms with van der Waals surface area (Å²) in [6.45, 7) is 0.288. The summed E-state index contributed by atoms with van der Waals surface area (Å²) in [5.74, 6) is -3.47. The van der Waals surface area contributed by atoms with Gasteiger partial charge in [-0.3, -0.25) is 4.79 Å². The lowest BCUT2D eigenvalue weighted by Gasteiger charge is -2.29. The van der Waals surface area contributed by atoms with Crippen LogP contribution in [0.5, 0.6) is 5.75 Å². The molecular weight excluding hydrogens is 357 g/mol. The minimum Gasteiger partial charge on any atom is -0.489 e. The molecule has 0 saturated carbocycles. The van der Waals surface area contributed by atoms with Gasteiger partial charge in [0.15, 0.2) is 11.6 Å². The van der Waals surface area contributed by atoms with Gasteiger partial charge in [0.1, 0.15) is 18.2 Å². The maximum absolute atomic E-state index is 14.0. The first-order valence-corrected chi connectivity index (χ1v) is 8.45. The van der Waals surface area contributed by atoms with Crippen LogP contribution in [0.3, 0.4) is 0 Å². The zero-order chi connectivity index (χ0) is 19.6. The number of rotatable bonds is 5. The Kier molecular flexibility index (Phi) is 5.51. The number of carbonyl (C=O) groups is 1. The second kappa shape index (κ2) is 7.84. The molecule has 3 rings (SSSR count). The van der Waals surface area contributed by atoms with E-state index in [1.807, 2.05) is 6.08 Å². The van der Waals surface area contributed by atoms with Gasteiger partial charge in [-0.15, -0.1) is 0 Å². The van der Waals surface area contributed by atoms with Gasteiger partial charge in [-0.25, -0.2) is 13.2 Å². The molecule has 2 atom stereocenters. The highest BCUT2D eigenvalue weighted by Crippen LogP contribution is 2.34. The van der Waals surface area contributed by atoms with Crippen molar-refractivity contribution in [2.45, 2.75) is 24.8 Å². The van der Waals surface area contributed by atoms with Crippen molar-refractivity contribution in [3.05, 3.63) is 76.6 Å². The average Bonchev–Trinajstić information content (AvgIpc) is 2.64. The number of hydrogen-bond donors (Lipinski definition) is 2. The molecule has 142 valence electrons. The van der Waals surface area contributed by atoms with Crippen LogP contribution in [0, 0.1) is 17.5 Å².